The average Bonchev–Trinajstić information content (AvgIpc) is 3.45. The molecule has 0 radical (unpaired) electrons. The van der Waals surface area contributed by atoms with Crippen LogP contribution in [0.4, 0.5) is 10.2 Å². The van der Waals surface area contributed by atoms with E-state index in [9.17, 15) is 9.18 Å². The molecule has 4 heterocycles. The number of ether oxygens (including phenoxy) is 1. The lowest BCUT2D eigenvalue weighted by Gasteiger charge is -2.18. The van der Waals surface area contributed by atoms with Crippen molar-refractivity contribution in [1.29, 1.82) is 0 Å². The number of aromatic nitrogens is 5. The maximum Gasteiger partial charge on any atom is 0.224 e. The number of fused-ring (bicyclic) bond motifs is 1. The van der Waals surface area contributed by atoms with Gasteiger partial charge in [0.05, 0.1) is 29.8 Å². The van der Waals surface area contributed by atoms with E-state index in [0.29, 0.717) is 42.5 Å². The number of halogens is 1. The Morgan fingerprint density at radius 3 is 2.86 bits per heavy atom. The van der Waals surface area contributed by atoms with Gasteiger partial charge in [-0.2, -0.15) is 10.2 Å². The summed E-state index contributed by atoms with van der Waals surface area (Å²) in [6.45, 7) is 7.38. The molecule has 186 valence electrons. The lowest BCUT2D eigenvalue weighted by atomic mass is 10.2. The van der Waals surface area contributed by atoms with Crippen molar-refractivity contribution < 1.29 is 13.9 Å². The van der Waals surface area contributed by atoms with E-state index >= 15 is 0 Å². The molecule has 0 spiro atoms. The van der Waals surface area contributed by atoms with Crippen LogP contribution >= 0.6 is 0 Å². The number of aryl methyl sites for hydroxylation is 2. The molecular weight excluding hydrogens is 461 g/mol. The molecular formula is C26H28FN7O2. The molecule has 1 N–H and O–H groups in total. The summed E-state index contributed by atoms with van der Waals surface area (Å²) >= 11 is 0. The summed E-state index contributed by atoms with van der Waals surface area (Å²) in [4.78, 5) is 18.7. The number of benzene rings is 1. The molecule has 1 fully saturated rings. The largest absolute Gasteiger partial charge is 0.494 e. The van der Waals surface area contributed by atoms with Gasteiger partial charge in [0.15, 0.2) is 11.6 Å². The molecule has 1 aromatic carbocycles. The van der Waals surface area contributed by atoms with E-state index in [1.165, 1.54) is 6.07 Å². The van der Waals surface area contributed by atoms with Crippen LogP contribution < -0.4 is 15.0 Å². The minimum absolute atomic E-state index is 0.0148. The number of nitrogens with one attached hydrogen (secondary N) is 1. The third-order valence-corrected chi connectivity index (χ3v) is 6.38. The van der Waals surface area contributed by atoms with Gasteiger partial charge in [-0.15, -0.1) is 5.10 Å². The molecule has 1 aliphatic heterocycles. The zero-order chi connectivity index (χ0) is 25.2. The highest BCUT2D eigenvalue weighted by molar-refractivity contribution is 5.92. The van der Waals surface area contributed by atoms with Crippen LogP contribution in [0, 0.1) is 19.7 Å². The van der Waals surface area contributed by atoms with Gasteiger partial charge in [0.25, 0.3) is 0 Å². The van der Waals surface area contributed by atoms with E-state index in [1.807, 2.05) is 32.9 Å². The van der Waals surface area contributed by atoms with E-state index < -0.39 is 5.82 Å². The van der Waals surface area contributed by atoms with Gasteiger partial charge in [-0.3, -0.25) is 9.78 Å². The molecule has 36 heavy (non-hydrogen) atoms. The number of amides is 1. The van der Waals surface area contributed by atoms with Crippen molar-refractivity contribution in [2.75, 3.05) is 24.6 Å². The minimum atomic E-state index is -0.422. The van der Waals surface area contributed by atoms with Crippen molar-refractivity contribution >= 4 is 22.6 Å². The third kappa shape index (κ3) is 4.58. The first-order chi connectivity index (χ1) is 17.4. The number of anilines is 1. The van der Waals surface area contributed by atoms with Gasteiger partial charge in [0.1, 0.15) is 17.0 Å². The van der Waals surface area contributed by atoms with E-state index in [1.54, 1.807) is 29.2 Å². The summed E-state index contributed by atoms with van der Waals surface area (Å²) in [5, 5.41) is 17.5. The number of pyridine rings is 1. The van der Waals surface area contributed by atoms with Crippen LogP contribution in [-0.2, 0) is 11.2 Å². The first-order valence-corrected chi connectivity index (χ1v) is 12.0. The van der Waals surface area contributed by atoms with Gasteiger partial charge in [-0.25, -0.2) is 9.07 Å². The summed E-state index contributed by atoms with van der Waals surface area (Å²) in [5.74, 6) is 0.644. The smallest absolute Gasteiger partial charge is 0.224 e. The molecule has 4 aromatic rings. The van der Waals surface area contributed by atoms with Crippen molar-refractivity contribution in [2.24, 2.45) is 0 Å². The summed E-state index contributed by atoms with van der Waals surface area (Å²) in [6, 6.07) is 8.46. The Bertz CT molecular complexity index is 1410. The van der Waals surface area contributed by atoms with Crippen LogP contribution in [-0.4, -0.2) is 56.6 Å². The minimum Gasteiger partial charge on any atom is -0.494 e. The Morgan fingerprint density at radius 1 is 1.25 bits per heavy atom. The number of hydrogen-bond donors (Lipinski definition) is 1. The Hall–Kier alpha value is -4.08. The molecule has 3 aromatic heterocycles. The second kappa shape index (κ2) is 9.88. The predicted octanol–water partition coefficient (Wildman–Crippen LogP) is 3.30. The Labute approximate surface area is 208 Å². The maximum absolute atomic E-state index is 15.0. The van der Waals surface area contributed by atoms with Gasteiger partial charge in [-0.05, 0) is 51.0 Å². The zero-order valence-corrected chi connectivity index (χ0v) is 20.5. The van der Waals surface area contributed by atoms with Crippen LogP contribution in [0.15, 0.2) is 42.7 Å². The number of hydrogen-bond acceptors (Lipinski definition) is 7. The highest BCUT2D eigenvalue weighted by Gasteiger charge is 2.29. The standard InChI is InChI=1S/C26H28FN7O2/c1-4-36-20-7-8-22(21(27)13-20)34-17(3)24-16(2)30-31-26(25(24)32-34)33-11-9-19(15-33)29-23(35)12-18-6-5-10-28-14-18/h5-8,10,13-14,19H,4,9,11-12,15H2,1-3H3,(H,29,35). The van der Waals surface area contributed by atoms with Crippen LogP contribution in [0.3, 0.4) is 0 Å². The second-order valence-electron chi connectivity index (χ2n) is 8.91. The molecule has 1 unspecified atom stereocenters. The first-order valence-electron chi connectivity index (χ1n) is 12.0. The Morgan fingerprint density at radius 2 is 2.11 bits per heavy atom. The number of nitrogens with zero attached hydrogens (tertiary/aromatic N) is 6. The van der Waals surface area contributed by atoms with E-state index in [2.05, 4.69) is 25.4 Å². The Kier molecular flexibility index (Phi) is 6.49. The molecule has 10 heteroatoms. The molecule has 1 atom stereocenters. The summed E-state index contributed by atoms with van der Waals surface area (Å²) in [5.41, 5.74) is 3.38. The first kappa shape index (κ1) is 23.7. The van der Waals surface area contributed by atoms with Crippen molar-refractivity contribution in [3.8, 4) is 11.4 Å². The van der Waals surface area contributed by atoms with E-state index in [4.69, 9.17) is 9.84 Å². The fourth-order valence-electron chi connectivity index (χ4n) is 4.71. The van der Waals surface area contributed by atoms with Crippen molar-refractivity contribution in [3.63, 3.8) is 0 Å². The molecule has 1 amide bonds. The van der Waals surface area contributed by atoms with Crippen molar-refractivity contribution in [3.05, 3.63) is 65.5 Å². The van der Waals surface area contributed by atoms with Gasteiger partial charge in [0.2, 0.25) is 5.91 Å². The molecule has 5 rings (SSSR count). The monoisotopic (exact) mass is 489 g/mol. The van der Waals surface area contributed by atoms with Crippen molar-refractivity contribution in [1.82, 2.24) is 30.3 Å². The van der Waals surface area contributed by atoms with Gasteiger partial charge in [-0.1, -0.05) is 6.07 Å². The highest BCUT2D eigenvalue weighted by Crippen LogP contribution is 2.32. The van der Waals surface area contributed by atoms with Gasteiger partial charge >= 0.3 is 0 Å². The average molecular weight is 490 g/mol. The summed E-state index contributed by atoms with van der Waals surface area (Å²) < 4.78 is 22.0. The quantitative estimate of drug-likeness (QED) is 0.425. The molecule has 1 saturated heterocycles. The number of carbonyl (C=O) groups is 1. The fraction of sp³-hybridized carbons (Fsp3) is 0.346. The fourth-order valence-corrected chi connectivity index (χ4v) is 4.71. The topological polar surface area (TPSA) is 98.1 Å². The maximum atomic E-state index is 15.0. The van der Waals surface area contributed by atoms with Gasteiger partial charge in [0, 0.05) is 37.6 Å². The predicted molar refractivity (Wildman–Crippen MR) is 134 cm³/mol. The summed E-state index contributed by atoms with van der Waals surface area (Å²) in [6.07, 6.45) is 4.46. The van der Waals surface area contributed by atoms with Crippen LogP contribution in [0.2, 0.25) is 0 Å². The SMILES string of the molecule is CCOc1ccc(-n2nc3c(N4CCC(NC(=O)Cc5cccnc5)C4)nnc(C)c3c2C)c(F)c1. The molecule has 0 saturated carbocycles. The van der Waals surface area contributed by atoms with E-state index in [0.717, 1.165) is 28.8 Å². The lowest BCUT2D eigenvalue weighted by Crippen LogP contribution is -2.38. The molecule has 0 aliphatic carbocycles. The normalized spacial score (nSPS) is 15.4. The molecule has 0 bridgehead atoms. The zero-order valence-electron chi connectivity index (χ0n) is 20.5. The summed E-state index contributed by atoms with van der Waals surface area (Å²) in [7, 11) is 0. The molecule has 9 nitrogen and oxygen atoms in total. The van der Waals surface area contributed by atoms with E-state index in [-0.39, 0.29) is 18.4 Å². The number of rotatable bonds is 7. The third-order valence-electron chi connectivity index (χ3n) is 6.38. The lowest BCUT2D eigenvalue weighted by molar-refractivity contribution is -0.121. The van der Waals surface area contributed by atoms with Crippen LogP contribution in [0.25, 0.3) is 16.6 Å². The van der Waals surface area contributed by atoms with Crippen LogP contribution in [0.5, 0.6) is 5.75 Å². The van der Waals surface area contributed by atoms with Crippen LogP contribution in [0.1, 0.15) is 30.3 Å². The second-order valence-corrected chi connectivity index (χ2v) is 8.91. The van der Waals surface area contributed by atoms with Crippen molar-refractivity contribution in [2.45, 2.75) is 39.7 Å². The molecule has 1 aliphatic rings. The van der Waals surface area contributed by atoms with Gasteiger partial charge < -0.3 is 15.0 Å². The Balaban J connectivity index is 1.39. The number of carbonyl (C=O) groups excluding carboxylic acids is 1. The highest BCUT2D eigenvalue weighted by atomic mass is 19.1.